The van der Waals surface area contributed by atoms with Crippen LogP contribution >= 0.6 is 22.7 Å². The molecule has 2 heterocycles. The maximum Gasteiger partial charge on any atom is 0.227 e. The number of hydrogen-bond donors (Lipinski definition) is 1. The third kappa shape index (κ3) is 5.06. The zero-order valence-corrected chi connectivity index (χ0v) is 17.7. The first-order valence-electron chi connectivity index (χ1n) is 8.84. The van der Waals surface area contributed by atoms with E-state index >= 15 is 0 Å². The number of nitrogens with one attached hydrogen (secondary N) is 1. The lowest BCUT2D eigenvalue weighted by Crippen LogP contribution is -2.18. The fourth-order valence-corrected chi connectivity index (χ4v) is 5.79. The Bertz CT molecular complexity index is 1210. The molecule has 0 saturated carbocycles. The van der Waals surface area contributed by atoms with Gasteiger partial charge in [0, 0.05) is 11.8 Å². The average Bonchev–Trinajstić information content (AvgIpc) is 3.33. The van der Waals surface area contributed by atoms with Crippen LogP contribution in [0.3, 0.4) is 0 Å². The smallest absolute Gasteiger partial charge is 0.227 e. The number of carbonyl (C=O) groups is 1. The summed E-state index contributed by atoms with van der Waals surface area (Å²) in [7, 11) is -3.36. The largest absolute Gasteiger partial charge is 0.302 e. The molecule has 0 radical (unpaired) electrons. The van der Waals surface area contributed by atoms with Crippen molar-refractivity contribution < 1.29 is 13.2 Å². The summed E-state index contributed by atoms with van der Waals surface area (Å²) in [6.07, 6.45) is -0.106. The topological polar surface area (TPSA) is 89.0 Å². The minimum Gasteiger partial charge on any atom is -0.302 e. The molecule has 1 amide bonds. The quantitative estimate of drug-likeness (QED) is 0.458. The van der Waals surface area contributed by atoms with Gasteiger partial charge in [-0.2, -0.15) is 0 Å². The molecule has 6 nitrogen and oxygen atoms in total. The van der Waals surface area contributed by atoms with Crippen LogP contribution in [-0.4, -0.2) is 30.0 Å². The Kier molecular flexibility index (Phi) is 5.70. The van der Waals surface area contributed by atoms with Crippen molar-refractivity contribution in [3.8, 4) is 10.7 Å². The fraction of sp³-hybridized carbons (Fsp3) is 0.150. The number of sulfone groups is 1. The van der Waals surface area contributed by atoms with Gasteiger partial charge < -0.3 is 5.32 Å². The fourth-order valence-electron chi connectivity index (χ4n) is 2.74. The highest BCUT2D eigenvalue weighted by atomic mass is 32.2. The van der Waals surface area contributed by atoms with Crippen molar-refractivity contribution >= 4 is 53.8 Å². The molecule has 4 rings (SSSR count). The van der Waals surface area contributed by atoms with Crippen LogP contribution in [0.4, 0.5) is 5.13 Å². The monoisotopic (exact) mass is 443 g/mol. The molecule has 1 N–H and O–H groups in total. The highest BCUT2D eigenvalue weighted by Gasteiger charge is 2.16. The van der Waals surface area contributed by atoms with Crippen LogP contribution in [-0.2, 0) is 20.4 Å². The Hall–Kier alpha value is -2.62. The summed E-state index contributed by atoms with van der Waals surface area (Å²) in [6.45, 7) is 0. The first kappa shape index (κ1) is 19.7. The number of carbonyl (C=O) groups excluding carboxylic acids is 1. The highest BCUT2D eigenvalue weighted by Crippen LogP contribution is 2.31. The highest BCUT2D eigenvalue weighted by molar-refractivity contribution is 7.90. The molecule has 0 aliphatic carbocycles. The van der Waals surface area contributed by atoms with Gasteiger partial charge in [0.25, 0.3) is 0 Å². The van der Waals surface area contributed by atoms with Crippen LogP contribution in [0.15, 0.2) is 60.0 Å². The zero-order valence-electron chi connectivity index (χ0n) is 15.2. The van der Waals surface area contributed by atoms with E-state index in [-0.39, 0.29) is 23.8 Å². The summed E-state index contributed by atoms with van der Waals surface area (Å²) in [5.41, 5.74) is 2.33. The minimum absolute atomic E-state index is 0.0693. The number of thiazole rings is 2. The van der Waals surface area contributed by atoms with Crippen molar-refractivity contribution in [2.75, 3.05) is 11.1 Å². The Morgan fingerprint density at radius 2 is 1.76 bits per heavy atom. The van der Waals surface area contributed by atoms with Crippen LogP contribution < -0.4 is 5.32 Å². The molecule has 0 fully saturated rings. The van der Waals surface area contributed by atoms with Crippen LogP contribution in [0, 0.1) is 0 Å². The number of benzene rings is 2. The molecule has 0 atom stereocenters. The predicted octanol–water partition coefficient (Wildman–Crippen LogP) is 4.36. The van der Waals surface area contributed by atoms with Gasteiger partial charge in [-0.25, -0.2) is 18.4 Å². The molecular formula is C20H17N3O3S3. The van der Waals surface area contributed by atoms with Gasteiger partial charge in [0.1, 0.15) is 10.7 Å². The molecular weight excluding hydrogens is 426 g/mol. The summed E-state index contributed by atoms with van der Waals surface area (Å²) in [5.74, 6) is -0.643. The SMILES string of the molecule is O=C(CCS(=O)(=O)Cc1ccccc1)Nc1nc(-c2nc3ccccc3s2)cs1. The second-order valence-electron chi connectivity index (χ2n) is 6.40. The number of nitrogens with zero attached hydrogens (tertiary/aromatic N) is 2. The Morgan fingerprint density at radius 1 is 1.00 bits per heavy atom. The molecule has 0 aliphatic heterocycles. The molecule has 0 spiro atoms. The Morgan fingerprint density at radius 3 is 2.55 bits per heavy atom. The normalized spacial score (nSPS) is 11.6. The van der Waals surface area contributed by atoms with Gasteiger partial charge in [-0.1, -0.05) is 42.5 Å². The molecule has 2 aromatic heterocycles. The molecule has 9 heteroatoms. The summed E-state index contributed by atoms with van der Waals surface area (Å²) >= 11 is 2.83. The first-order valence-corrected chi connectivity index (χ1v) is 12.4. The van der Waals surface area contributed by atoms with Gasteiger partial charge in [-0.05, 0) is 17.7 Å². The van der Waals surface area contributed by atoms with Crippen LogP contribution in [0.25, 0.3) is 20.9 Å². The van der Waals surface area contributed by atoms with Gasteiger partial charge in [0.15, 0.2) is 15.0 Å². The van der Waals surface area contributed by atoms with E-state index in [4.69, 9.17) is 0 Å². The summed E-state index contributed by atoms with van der Waals surface area (Å²) < 4.78 is 25.5. The summed E-state index contributed by atoms with van der Waals surface area (Å²) in [4.78, 5) is 21.1. The standard InChI is InChI=1S/C20H17N3O3S3/c24-18(10-11-29(25,26)13-14-6-2-1-3-7-14)23-20-22-16(12-27-20)19-21-15-8-4-5-9-17(15)28-19/h1-9,12H,10-11,13H2,(H,22,23,24). The molecule has 4 aromatic rings. The van der Waals surface area contributed by atoms with Crippen molar-refractivity contribution in [3.05, 3.63) is 65.5 Å². The number of rotatable bonds is 7. The molecule has 148 valence electrons. The van der Waals surface area contributed by atoms with Crippen molar-refractivity contribution in [2.45, 2.75) is 12.2 Å². The van der Waals surface area contributed by atoms with Crippen LogP contribution in [0.2, 0.25) is 0 Å². The minimum atomic E-state index is -3.36. The maximum atomic E-state index is 12.2. The number of amides is 1. The Balaban J connectivity index is 1.35. The number of anilines is 1. The predicted molar refractivity (Wildman–Crippen MR) is 118 cm³/mol. The van der Waals surface area contributed by atoms with Gasteiger partial charge in [-0.3, -0.25) is 4.79 Å². The second kappa shape index (κ2) is 8.40. The summed E-state index contributed by atoms with van der Waals surface area (Å²) in [5, 5.41) is 5.74. The molecule has 2 aromatic carbocycles. The Labute approximate surface area is 176 Å². The van der Waals surface area contributed by atoms with E-state index in [9.17, 15) is 13.2 Å². The van der Waals surface area contributed by atoms with Gasteiger partial charge >= 0.3 is 0 Å². The molecule has 0 unspecified atom stereocenters. The molecule has 0 saturated heterocycles. The van der Waals surface area contributed by atoms with E-state index in [1.807, 2.05) is 35.7 Å². The van der Waals surface area contributed by atoms with Crippen LogP contribution in [0.1, 0.15) is 12.0 Å². The lowest BCUT2D eigenvalue weighted by Gasteiger charge is -2.04. The third-order valence-electron chi connectivity index (χ3n) is 4.13. The number of aromatic nitrogens is 2. The number of fused-ring (bicyclic) bond motifs is 1. The van der Waals surface area contributed by atoms with Gasteiger partial charge in [0.2, 0.25) is 5.91 Å². The van der Waals surface area contributed by atoms with Crippen molar-refractivity contribution in [2.24, 2.45) is 0 Å². The number of para-hydroxylation sites is 1. The molecule has 0 aliphatic rings. The van der Waals surface area contributed by atoms with Crippen molar-refractivity contribution in [3.63, 3.8) is 0 Å². The lowest BCUT2D eigenvalue weighted by atomic mass is 10.2. The summed E-state index contributed by atoms with van der Waals surface area (Å²) in [6, 6.07) is 16.8. The third-order valence-corrected chi connectivity index (χ3v) is 7.55. The van der Waals surface area contributed by atoms with E-state index in [0.29, 0.717) is 16.4 Å². The average molecular weight is 444 g/mol. The van der Waals surface area contributed by atoms with Gasteiger partial charge in [0.05, 0.1) is 21.7 Å². The maximum absolute atomic E-state index is 12.2. The van der Waals surface area contributed by atoms with Crippen LogP contribution in [0.5, 0.6) is 0 Å². The van der Waals surface area contributed by atoms with E-state index in [1.165, 1.54) is 22.7 Å². The van der Waals surface area contributed by atoms with E-state index < -0.39 is 9.84 Å². The lowest BCUT2D eigenvalue weighted by molar-refractivity contribution is -0.115. The zero-order chi connectivity index (χ0) is 20.3. The van der Waals surface area contributed by atoms with E-state index in [1.54, 1.807) is 24.3 Å². The number of hydrogen-bond acceptors (Lipinski definition) is 7. The second-order valence-corrected chi connectivity index (χ2v) is 10.5. The molecule has 29 heavy (non-hydrogen) atoms. The van der Waals surface area contributed by atoms with Crippen molar-refractivity contribution in [1.29, 1.82) is 0 Å². The van der Waals surface area contributed by atoms with E-state index in [0.717, 1.165) is 15.2 Å². The van der Waals surface area contributed by atoms with E-state index in [2.05, 4.69) is 15.3 Å². The van der Waals surface area contributed by atoms with Gasteiger partial charge in [-0.15, -0.1) is 22.7 Å². The molecule has 0 bridgehead atoms. The van der Waals surface area contributed by atoms with Crippen molar-refractivity contribution in [1.82, 2.24) is 9.97 Å². The first-order chi connectivity index (χ1) is 14.0.